The number of hydrogen-bond donors (Lipinski definition) is 2. The molecule has 1 heterocycles. The van der Waals surface area contributed by atoms with E-state index in [9.17, 15) is 9.59 Å². The highest BCUT2D eigenvalue weighted by molar-refractivity contribution is 7.99. The van der Waals surface area contributed by atoms with E-state index in [4.69, 9.17) is 4.74 Å². The average Bonchev–Trinajstić information content (AvgIpc) is 3.19. The first-order valence-corrected chi connectivity index (χ1v) is 10.8. The summed E-state index contributed by atoms with van der Waals surface area (Å²) in [6.07, 6.45) is 0. The van der Waals surface area contributed by atoms with Crippen molar-refractivity contribution in [3.63, 3.8) is 0 Å². The van der Waals surface area contributed by atoms with Gasteiger partial charge in [0.2, 0.25) is 5.91 Å². The Morgan fingerprint density at radius 3 is 2.55 bits per heavy atom. The summed E-state index contributed by atoms with van der Waals surface area (Å²) in [6.45, 7) is 4.79. The molecule has 0 atom stereocenters. The Labute approximate surface area is 185 Å². The van der Waals surface area contributed by atoms with Gasteiger partial charge in [-0.1, -0.05) is 41.6 Å². The fourth-order valence-electron chi connectivity index (χ4n) is 2.93. The number of rotatable bonds is 9. The lowest BCUT2D eigenvalue weighted by atomic mass is 10.2. The lowest BCUT2D eigenvalue weighted by molar-refractivity contribution is -0.113. The van der Waals surface area contributed by atoms with E-state index >= 15 is 0 Å². The van der Waals surface area contributed by atoms with Gasteiger partial charge in [0, 0.05) is 12.2 Å². The number of para-hydroxylation sites is 1. The maximum Gasteiger partial charge on any atom is 0.255 e. The van der Waals surface area contributed by atoms with Gasteiger partial charge in [-0.15, -0.1) is 10.2 Å². The summed E-state index contributed by atoms with van der Waals surface area (Å²) in [5.41, 5.74) is 2.34. The van der Waals surface area contributed by atoms with Crippen LogP contribution in [0, 0.1) is 6.92 Å². The van der Waals surface area contributed by atoms with E-state index in [1.54, 1.807) is 18.2 Å². The van der Waals surface area contributed by atoms with Crippen LogP contribution in [-0.2, 0) is 17.9 Å². The van der Waals surface area contributed by atoms with Crippen molar-refractivity contribution < 1.29 is 14.3 Å². The molecule has 162 valence electrons. The summed E-state index contributed by atoms with van der Waals surface area (Å²) < 4.78 is 7.12. The minimum atomic E-state index is -0.255. The SMILES string of the molecule is CCn1c(CNC(=O)c2ccccc2OC)nnc1SCC(=O)Nc1ccc(C)cc1. The van der Waals surface area contributed by atoms with Gasteiger partial charge < -0.3 is 19.9 Å². The quantitative estimate of drug-likeness (QED) is 0.497. The third-order valence-electron chi connectivity index (χ3n) is 4.54. The fourth-order valence-corrected chi connectivity index (χ4v) is 3.75. The molecule has 3 aromatic rings. The summed E-state index contributed by atoms with van der Waals surface area (Å²) in [7, 11) is 1.53. The first-order chi connectivity index (χ1) is 15.0. The molecule has 2 N–H and O–H groups in total. The molecule has 2 amide bonds. The van der Waals surface area contributed by atoms with Crippen LogP contribution in [0.15, 0.2) is 53.7 Å². The van der Waals surface area contributed by atoms with E-state index in [1.165, 1.54) is 18.9 Å². The van der Waals surface area contributed by atoms with Crippen LogP contribution in [0.5, 0.6) is 5.75 Å². The molecule has 9 heteroatoms. The predicted octanol–water partition coefficient (Wildman–Crippen LogP) is 3.28. The topological polar surface area (TPSA) is 98.1 Å². The number of hydrogen-bond acceptors (Lipinski definition) is 6. The minimum absolute atomic E-state index is 0.120. The van der Waals surface area contributed by atoms with Crippen LogP contribution in [0.2, 0.25) is 0 Å². The standard InChI is InChI=1S/C22H25N5O3S/c1-4-27-19(13-23-21(29)17-7-5-6-8-18(17)30-3)25-26-22(27)31-14-20(28)24-16-11-9-15(2)10-12-16/h5-12H,4,13-14H2,1-3H3,(H,23,29)(H,24,28). The zero-order valence-corrected chi connectivity index (χ0v) is 18.5. The number of nitrogens with one attached hydrogen (secondary N) is 2. The number of ether oxygens (including phenoxy) is 1. The van der Waals surface area contributed by atoms with Crippen LogP contribution in [0.1, 0.15) is 28.7 Å². The summed E-state index contributed by atoms with van der Waals surface area (Å²) >= 11 is 1.30. The van der Waals surface area contributed by atoms with Gasteiger partial charge in [-0.05, 0) is 38.1 Å². The molecular formula is C22H25N5O3S. The number of carbonyl (C=O) groups is 2. The number of carbonyl (C=O) groups excluding carboxylic acids is 2. The van der Waals surface area contributed by atoms with Crippen molar-refractivity contribution in [2.24, 2.45) is 0 Å². The summed E-state index contributed by atoms with van der Waals surface area (Å²) in [5, 5.41) is 14.7. The van der Waals surface area contributed by atoms with Gasteiger partial charge in [-0.3, -0.25) is 9.59 Å². The molecular weight excluding hydrogens is 414 g/mol. The van der Waals surface area contributed by atoms with Gasteiger partial charge in [0.15, 0.2) is 11.0 Å². The molecule has 1 aromatic heterocycles. The van der Waals surface area contributed by atoms with Crippen LogP contribution >= 0.6 is 11.8 Å². The molecule has 0 fully saturated rings. The number of anilines is 1. The second-order valence-electron chi connectivity index (χ2n) is 6.73. The van der Waals surface area contributed by atoms with Crippen molar-refractivity contribution in [3.8, 4) is 5.75 Å². The van der Waals surface area contributed by atoms with E-state index in [-0.39, 0.29) is 24.1 Å². The largest absolute Gasteiger partial charge is 0.496 e. The third-order valence-corrected chi connectivity index (χ3v) is 5.50. The van der Waals surface area contributed by atoms with Gasteiger partial charge in [0.1, 0.15) is 5.75 Å². The van der Waals surface area contributed by atoms with Crippen LogP contribution in [0.25, 0.3) is 0 Å². The zero-order chi connectivity index (χ0) is 22.2. The van der Waals surface area contributed by atoms with Gasteiger partial charge >= 0.3 is 0 Å². The van der Waals surface area contributed by atoms with Gasteiger partial charge in [-0.2, -0.15) is 0 Å². The summed E-state index contributed by atoms with van der Waals surface area (Å²) in [4.78, 5) is 24.8. The number of benzene rings is 2. The Morgan fingerprint density at radius 2 is 1.84 bits per heavy atom. The first kappa shape index (κ1) is 22.4. The van der Waals surface area contributed by atoms with E-state index in [2.05, 4.69) is 20.8 Å². The van der Waals surface area contributed by atoms with Crippen molar-refractivity contribution in [1.82, 2.24) is 20.1 Å². The van der Waals surface area contributed by atoms with Crippen molar-refractivity contribution in [2.75, 3.05) is 18.2 Å². The van der Waals surface area contributed by atoms with Crippen molar-refractivity contribution in [2.45, 2.75) is 32.1 Å². The van der Waals surface area contributed by atoms with Crippen LogP contribution < -0.4 is 15.4 Å². The smallest absolute Gasteiger partial charge is 0.255 e. The second-order valence-corrected chi connectivity index (χ2v) is 7.67. The van der Waals surface area contributed by atoms with E-state index in [1.807, 2.05) is 48.7 Å². The Morgan fingerprint density at radius 1 is 1.10 bits per heavy atom. The molecule has 0 aliphatic carbocycles. The Bertz CT molecular complexity index is 1050. The fraction of sp³-hybridized carbons (Fsp3) is 0.273. The van der Waals surface area contributed by atoms with Gasteiger partial charge in [0.25, 0.3) is 5.91 Å². The molecule has 0 saturated carbocycles. The van der Waals surface area contributed by atoms with Crippen molar-refractivity contribution >= 4 is 29.3 Å². The molecule has 0 radical (unpaired) electrons. The van der Waals surface area contributed by atoms with Crippen LogP contribution in [-0.4, -0.2) is 39.4 Å². The van der Waals surface area contributed by atoms with Gasteiger partial charge in [-0.25, -0.2) is 0 Å². The molecule has 0 aliphatic rings. The average molecular weight is 440 g/mol. The predicted molar refractivity (Wildman–Crippen MR) is 120 cm³/mol. The monoisotopic (exact) mass is 439 g/mol. The van der Waals surface area contributed by atoms with Crippen molar-refractivity contribution in [1.29, 1.82) is 0 Å². The lowest BCUT2D eigenvalue weighted by Crippen LogP contribution is -2.25. The van der Waals surface area contributed by atoms with Gasteiger partial charge in [0.05, 0.1) is 25.0 Å². The molecule has 0 saturated heterocycles. The molecule has 3 rings (SSSR count). The third kappa shape index (κ3) is 5.85. The molecule has 31 heavy (non-hydrogen) atoms. The molecule has 0 unspecified atom stereocenters. The zero-order valence-electron chi connectivity index (χ0n) is 17.7. The molecule has 0 aliphatic heterocycles. The van der Waals surface area contributed by atoms with E-state index < -0.39 is 0 Å². The first-order valence-electron chi connectivity index (χ1n) is 9.84. The highest BCUT2D eigenvalue weighted by atomic mass is 32.2. The number of amides is 2. The number of thioether (sulfide) groups is 1. The number of methoxy groups -OCH3 is 1. The molecule has 0 spiro atoms. The number of aromatic nitrogens is 3. The normalized spacial score (nSPS) is 10.5. The summed E-state index contributed by atoms with van der Waals surface area (Å²) in [5.74, 6) is 0.958. The number of nitrogens with zero attached hydrogens (tertiary/aromatic N) is 3. The van der Waals surface area contributed by atoms with Crippen molar-refractivity contribution in [3.05, 3.63) is 65.5 Å². The molecule has 2 aromatic carbocycles. The van der Waals surface area contributed by atoms with Crippen LogP contribution in [0.4, 0.5) is 5.69 Å². The minimum Gasteiger partial charge on any atom is -0.496 e. The van der Waals surface area contributed by atoms with E-state index in [0.717, 1.165) is 11.3 Å². The second kappa shape index (κ2) is 10.6. The maximum atomic E-state index is 12.5. The molecule has 8 nitrogen and oxygen atoms in total. The van der Waals surface area contributed by atoms with E-state index in [0.29, 0.717) is 28.8 Å². The molecule has 0 bridgehead atoms. The highest BCUT2D eigenvalue weighted by Crippen LogP contribution is 2.19. The highest BCUT2D eigenvalue weighted by Gasteiger charge is 2.16. The number of aryl methyl sites for hydroxylation is 1. The Kier molecular flexibility index (Phi) is 7.66. The maximum absolute atomic E-state index is 12.5. The Balaban J connectivity index is 1.58. The lowest BCUT2D eigenvalue weighted by Gasteiger charge is -2.10. The Hall–Kier alpha value is -3.33. The van der Waals surface area contributed by atoms with Crippen LogP contribution in [0.3, 0.4) is 0 Å². The summed E-state index contributed by atoms with van der Waals surface area (Å²) in [6, 6.07) is 14.7.